The summed E-state index contributed by atoms with van der Waals surface area (Å²) < 4.78 is 0. The molecule has 2 heteroatoms. The van der Waals surface area contributed by atoms with E-state index in [9.17, 15) is 5.11 Å². The molecule has 1 fully saturated rings. The molecule has 14 heavy (non-hydrogen) atoms. The Morgan fingerprint density at radius 3 is 2.57 bits per heavy atom. The van der Waals surface area contributed by atoms with Crippen molar-refractivity contribution in [1.82, 2.24) is 5.32 Å². The minimum absolute atomic E-state index is 0.409. The van der Waals surface area contributed by atoms with Crippen LogP contribution in [0.5, 0.6) is 0 Å². The number of hydrogen-bond donors (Lipinski definition) is 2. The van der Waals surface area contributed by atoms with E-state index in [0.29, 0.717) is 11.8 Å². The first-order valence-corrected chi connectivity index (χ1v) is 5.98. The quantitative estimate of drug-likeness (QED) is 0.730. The molecule has 2 nitrogen and oxygen atoms in total. The number of aliphatic hydroxyl groups is 1. The van der Waals surface area contributed by atoms with Crippen LogP contribution in [0.15, 0.2) is 0 Å². The SMILES string of the molecule is CC(C)CC(C)C1(O)CCCNCC1. The van der Waals surface area contributed by atoms with Crippen molar-refractivity contribution in [3.05, 3.63) is 0 Å². The van der Waals surface area contributed by atoms with Crippen LogP contribution in [-0.4, -0.2) is 23.8 Å². The molecule has 0 aromatic carbocycles. The van der Waals surface area contributed by atoms with Gasteiger partial charge in [-0.05, 0) is 50.6 Å². The molecule has 1 rings (SSSR count). The second-order valence-corrected chi connectivity index (χ2v) is 5.24. The van der Waals surface area contributed by atoms with Crippen LogP contribution in [0.25, 0.3) is 0 Å². The Morgan fingerprint density at radius 1 is 1.21 bits per heavy atom. The molecule has 0 bridgehead atoms. The van der Waals surface area contributed by atoms with E-state index < -0.39 is 5.60 Å². The van der Waals surface area contributed by atoms with Crippen LogP contribution in [0.4, 0.5) is 0 Å². The molecule has 2 unspecified atom stereocenters. The summed E-state index contributed by atoms with van der Waals surface area (Å²) in [6, 6.07) is 0. The van der Waals surface area contributed by atoms with Gasteiger partial charge in [-0.1, -0.05) is 20.8 Å². The highest BCUT2D eigenvalue weighted by Gasteiger charge is 2.33. The van der Waals surface area contributed by atoms with Gasteiger partial charge >= 0.3 is 0 Å². The van der Waals surface area contributed by atoms with Crippen molar-refractivity contribution in [3.63, 3.8) is 0 Å². The normalized spacial score (nSPS) is 31.5. The van der Waals surface area contributed by atoms with Crippen LogP contribution in [0.2, 0.25) is 0 Å². The topological polar surface area (TPSA) is 32.3 Å². The van der Waals surface area contributed by atoms with E-state index >= 15 is 0 Å². The van der Waals surface area contributed by atoms with Gasteiger partial charge in [-0.3, -0.25) is 0 Å². The summed E-state index contributed by atoms with van der Waals surface area (Å²) in [7, 11) is 0. The lowest BCUT2D eigenvalue weighted by molar-refractivity contribution is -0.0296. The Labute approximate surface area is 88.1 Å². The molecular formula is C12H25NO. The molecule has 0 aliphatic carbocycles. The zero-order valence-electron chi connectivity index (χ0n) is 9.84. The monoisotopic (exact) mass is 199 g/mol. The highest BCUT2D eigenvalue weighted by Crippen LogP contribution is 2.32. The number of hydrogen-bond acceptors (Lipinski definition) is 2. The molecule has 1 saturated heterocycles. The first-order valence-electron chi connectivity index (χ1n) is 5.98. The average Bonchev–Trinajstić information content (AvgIpc) is 2.30. The van der Waals surface area contributed by atoms with Gasteiger partial charge in [0, 0.05) is 0 Å². The lowest BCUT2D eigenvalue weighted by Crippen LogP contribution is -2.37. The van der Waals surface area contributed by atoms with Gasteiger partial charge in [-0.2, -0.15) is 0 Å². The maximum Gasteiger partial charge on any atom is 0.0685 e. The van der Waals surface area contributed by atoms with Crippen LogP contribution >= 0.6 is 0 Å². The molecule has 0 aromatic heterocycles. The molecule has 0 aromatic rings. The van der Waals surface area contributed by atoms with E-state index in [1.165, 1.54) is 0 Å². The average molecular weight is 199 g/mol. The fraction of sp³-hybridized carbons (Fsp3) is 1.00. The first-order chi connectivity index (χ1) is 6.54. The molecular weight excluding hydrogens is 174 g/mol. The molecule has 1 heterocycles. The van der Waals surface area contributed by atoms with Crippen molar-refractivity contribution in [2.75, 3.05) is 13.1 Å². The number of rotatable bonds is 3. The summed E-state index contributed by atoms with van der Waals surface area (Å²) in [5.41, 5.74) is -0.409. The Hall–Kier alpha value is -0.0800. The third-order valence-corrected chi connectivity index (χ3v) is 3.44. The zero-order chi connectivity index (χ0) is 10.6. The molecule has 2 atom stereocenters. The summed E-state index contributed by atoms with van der Waals surface area (Å²) >= 11 is 0. The van der Waals surface area contributed by atoms with Crippen molar-refractivity contribution in [1.29, 1.82) is 0 Å². The van der Waals surface area contributed by atoms with Crippen molar-refractivity contribution < 1.29 is 5.11 Å². The van der Waals surface area contributed by atoms with Crippen molar-refractivity contribution in [2.24, 2.45) is 11.8 Å². The van der Waals surface area contributed by atoms with Crippen LogP contribution in [-0.2, 0) is 0 Å². The smallest absolute Gasteiger partial charge is 0.0685 e. The summed E-state index contributed by atoms with van der Waals surface area (Å²) in [4.78, 5) is 0. The van der Waals surface area contributed by atoms with Crippen molar-refractivity contribution in [3.8, 4) is 0 Å². The van der Waals surface area contributed by atoms with Gasteiger partial charge in [0.15, 0.2) is 0 Å². The molecule has 1 aliphatic heterocycles. The predicted octanol–water partition coefficient (Wildman–Crippen LogP) is 2.17. The predicted molar refractivity (Wildman–Crippen MR) is 60.3 cm³/mol. The highest BCUT2D eigenvalue weighted by atomic mass is 16.3. The van der Waals surface area contributed by atoms with E-state index in [1.807, 2.05) is 0 Å². The molecule has 0 saturated carbocycles. The van der Waals surface area contributed by atoms with Gasteiger partial charge in [0.25, 0.3) is 0 Å². The standard InChI is InChI=1S/C12H25NO/c1-10(2)9-11(3)12(14)5-4-7-13-8-6-12/h10-11,13-14H,4-9H2,1-3H3. The molecule has 2 N–H and O–H groups in total. The highest BCUT2D eigenvalue weighted by molar-refractivity contribution is 4.87. The molecule has 84 valence electrons. The lowest BCUT2D eigenvalue weighted by atomic mass is 9.78. The minimum Gasteiger partial charge on any atom is -0.390 e. The van der Waals surface area contributed by atoms with Gasteiger partial charge in [0.2, 0.25) is 0 Å². The van der Waals surface area contributed by atoms with Crippen LogP contribution in [0.3, 0.4) is 0 Å². The Bertz CT molecular complexity index is 160. The maximum absolute atomic E-state index is 10.5. The van der Waals surface area contributed by atoms with Crippen LogP contribution < -0.4 is 5.32 Å². The van der Waals surface area contributed by atoms with Gasteiger partial charge in [-0.15, -0.1) is 0 Å². The first kappa shape index (κ1) is 12.0. The van der Waals surface area contributed by atoms with Crippen LogP contribution in [0.1, 0.15) is 46.5 Å². The van der Waals surface area contributed by atoms with Gasteiger partial charge in [0.1, 0.15) is 0 Å². The van der Waals surface area contributed by atoms with Gasteiger partial charge < -0.3 is 10.4 Å². The second kappa shape index (κ2) is 5.13. The van der Waals surface area contributed by atoms with E-state index in [-0.39, 0.29) is 0 Å². The lowest BCUT2D eigenvalue weighted by Gasteiger charge is -2.34. The second-order valence-electron chi connectivity index (χ2n) is 5.24. The van der Waals surface area contributed by atoms with E-state index in [1.54, 1.807) is 0 Å². The van der Waals surface area contributed by atoms with Crippen molar-refractivity contribution in [2.45, 2.75) is 52.1 Å². The van der Waals surface area contributed by atoms with E-state index in [0.717, 1.165) is 38.8 Å². The fourth-order valence-electron chi connectivity index (χ4n) is 2.49. The summed E-state index contributed by atoms with van der Waals surface area (Å²) in [5.74, 6) is 1.12. The molecule has 0 amide bonds. The van der Waals surface area contributed by atoms with Gasteiger partial charge in [-0.25, -0.2) is 0 Å². The van der Waals surface area contributed by atoms with Crippen LogP contribution in [0, 0.1) is 11.8 Å². The molecule has 1 aliphatic rings. The minimum atomic E-state index is -0.409. The third kappa shape index (κ3) is 3.25. The fourth-order valence-corrected chi connectivity index (χ4v) is 2.49. The third-order valence-electron chi connectivity index (χ3n) is 3.44. The molecule has 0 spiro atoms. The number of nitrogens with one attached hydrogen (secondary N) is 1. The summed E-state index contributed by atoms with van der Waals surface area (Å²) in [5, 5.41) is 13.9. The summed E-state index contributed by atoms with van der Waals surface area (Å²) in [6.45, 7) is 8.70. The van der Waals surface area contributed by atoms with Gasteiger partial charge in [0.05, 0.1) is 5.60 Å². The Balaban J connectivity index is 2.51. The zero-order valence-corrected chi connectivity index (χ0v) is 9.84. The Morgan fingerprint density at radius 2 is 1.93 bits per heavy atom. The molecule has 0 radical (unpaired) electrons. The summed E-state index contributed by atoms with van der Waals surface area (Å²) in [6.07, 6.45) is 4.13. The maximum atomic E-state index is 10.5. The van der Waals surface area contributed by atoms with Crippen molar-refractivity contribution >= 4 is 0 Å². The van der Waals surface area contributed by atoms with E-state index in [4.69, 9.17) is 0 Å². The largest absolute Gasteiger partial charge is 0.390 e. The van der Waals surface area contributed by atoms with E-state index in [2.05, 4.69) is 26.1 Å². The Kier molecular flexibility index (Phi) is 4.39.